The zero-order chi connectivity index (χ0) is 24.6. The van der Waals surface area contributed by atoms with Crippen LogP contribution in [0.5, 0.6) is 0 Å². The van der Waals surface area contributed by atoms with Gasteiger partial charge in [0.05, 0.1) is 25.5 Å². The monoisotopic (exact) mass is 473 g/mol. The van der Waals surface area contributed by atoms with Gasteiger partial charge in [0.1, 0.15) is 25.7 Å². The predicted molar refractivity (Wildman–Crippen MR) is 143 cm³/mol. The maximum absolute atomic E-state index is 11.3. The molecule has 4 rings (SSSR count). The lowest BCUT2D eigenvalue weighted by Gasteiger charge is -2.23. The lowest BCUT2D eigenvalue weighted by molar-refractivity contribution is -0.904. The Morgan fingerprint density at radius 1 is 0.829 bits per heavy atom. The summed E-state index contributed by atoms with van der Waals surface area (Å²) in [5.41, 5.74) is 7.06. The number of benzene rings is 3. The molecule has 0 aliphatic heterocycles. The highest BCUT2D eigenvalue weighted by Crippen LogP contribution is 2.41. The van der Waals surface area contributed by atoms with Crippen molar-refractivity contribution in [1.29, 1.82) is 0 Å². The zero-order valence-electron chi connectivity index (χ0n) is 21.0. The molecular formula is C30H37N2O3+. The SMILES string of the molecule is COCC[NH+](CCOC)C[C@@H](O)Cn1c(-c2ccccc2)c(-c2ccccc2)c2cc(C)ccc21. The van der Waals surface area contributed by atoms with Gasteiger partial charge in [0.25, 0.3) is 0 Å². The van der Waals surface area contributed by atoms with Crippen LogP contribution >= 0.6 is 0 Å². The number of hydrogen-bond acceptors (Lipinski definition) is 3. The van der Waals surface area contributed by atoms with Crippen molar-refractivity contribution in [3.63, 3.8) is 0 Å². The number of aryl methyl sites for hydroxylation is 1. The van der Waals surface area contributed by atoms with Gasteiger partial charge in [0.15, 0.2) is 0 Å². The molecule has 4 aromatic rings. The van der Waals surface area contributed by atoms with Crippen LogP contribution in [-0.2, 0) is 16.0 Å². The first-order chi connectivity index (χ1) is 17.1. The van der Waals surface area contributed by atoms with E-state index in [1.807, 2.05) is 6.07 Å². The van der Waals surface area contributed by atoms with E-state index in [4.69, 9.17) is 9.47 Å². The molecule has 0 fully saturated rings. The van der Waals surface area contributed by atoms with Crippen LogP contribution in [-0.4, -0.2) is 62.8 Å². The number of hydrogen-bond donors (Lipinski definition) is 2. The van der Waals surface area contributed by atoms with E-state index in [1.165, 1.54) is 27.0 Å². The highest BCUT2D eigenvalue weighted by atomic mass is 16.5. The summed E-state index contributed by atoms with van der Waals surface area (Å²) in [6.45, 7) is 6.27. The van der Waals surface area contributed by atoms with E-state index < -0.39 is 6.10 Å². The molecule has 184 valence electrons. The average molecular weight is 474 g/mol. The Labute approximate surface area is 208 Å². The van der Waals surface area contributed by atoms with Crippen molar-refractivity contribution in [3.8, 4) is 22.4 Å². The van der Waals surface area contributed by atoms with Crippen LogP contribution in [0.2, 0.25) is 0 Å². The first kappa shape index (κ1) is 25.1. The Hall–Kier alpha value is -2.96. The lowest BCUT2D eigenvalue weighted by Crippen LogP contribution is -3.14. The molecular weight excluding hydrogens is 436 g/mol. The van der Waals surface area contributed by atoms with E-state index in [0.29, 0.717) is 26.3 Å². The molecule has 5 nitrogen and oxygen atoms in total. The van der Waals surface area contributed by atoms with Crippen LogP contribution in [0.4, 0.5) is 0 Å². The van der Waals surface area contributed by atoms with Crippen LogP contribution < -0.4 is 4.90 Å². The molecule has 1 heterocycles. The van der Waals surface area contributed by atoms with Gasteiger partial charge in [-0.15, -0.1) is 0 Å². The van der Waals surface area contributed by atoms with Gasteiger partial charge in [-0.1, -0.05) is 72.3 Å². The van der Waals surface area contributed by atoms with E-state index in [9.17, 15) is 5.11 Å². The molecule has 0 saturated heterocycles. The molecule has 0 unspecified atom stereocenters. The van der Waals surface area contributed by atoms with Crippen LogP contribution in [0, 0.1) is 6.92 Å². The minimum Gasteiger partial charge on any atom is -0.385 e. The molecule has 2 N–H and O–H groups in total. The Morgan fingerprint density at radius 2 is 1.43 bits per heavy atom. The van der Waals surface area contributed by atoms with Crippen molar-refractivity contribution < 1.29 is 19.5 Å². The molecule has 0 saturated carbocycles. The van der Waals surface area contributed by atoms with Crippen molar-refractivity contribution in [2.45, 2.75) is 19.6 Å². The summed E-state index contributed by atoms with van der Waals surface area (Å²) in [4.78, 5) is 1.28. The summed E-state index contributed by atoms with van der Waals surface area (Å²) in [5.74, 6) is 0. The van der Waals surface area contributed by atoms with Crippen LogP contribution in [0.3, 0.4) is 0 Å². The molecule has 0 amide bonds. The highest BCUT2D eigenvalue weighted by Gasteiger charge is 2.23. The van der Waals surface area contributed by atoms with Crippen LogP contribution in [0.1, 0.15) is 5.56 Å². The number of methoxy groups -OCH3 is 2. The molecule has 1 atom stereocenters. The first-order valence-corrected chi connectivity index (χ1v) is 12.4. The number of ether oxygens (including phenoxy) is 2. The van der Waals surface area contributed by atoms with Crippen molar-refractivity contribution in [2.75, 3.05) is 47.1 Å². The number of aliphatic hydroxyl groups is 1. The highest BCUT2D eigenvalue weighted by molar-refractivity contribution is 6.04. The van der Waals surface area contributed by atoms with E-state index >= 15 is 0 Å². The average Bonchev–Trinajstić information content (AvgIpc) is 3.19. The van der Waals surface area contributed by atoms with Gasteiger partial charge in [0, 0.05) is 30.7 Å². The number of fused-ring (bicyclic) bond motifs is 1. The minimum absolute atomic E-state index is 0.512. The summed E-state index contributed by atoms with van der Waals surface area (Å²) in [7, 11) is 3.44. The maximum Gasteiger partial charge on any atom is 0.121 e. The van der Waals surface area contributed by atoms with Gasteiger partial charge in [0.2, 0.25) is 0 Å². The van der Waals surface area contributed by atoms with Gasteiger partial charge >= 0.3 is 0 Å². The fraction of sp³-hybridized carbons (Fsp3) is 0.333. The van der Waals surface area contributed by atoms with Gasteiger partial charge < -0.3 is 24.0 Å². The van der Waals surface area contributed by atoms with Crippen molar-refractivity contribution >= 4 is 10.9 Å². The lowest BCUT2D eigenvalue weighted by atomic mass is 9.98. The molecule has 0 radical (unpaired) electrons. The van der Waals surface area contributed by atoms with Crippen molar-refractivity contribution in [1.82, 2.24) is 4.57 Å². The topological polar surface area (TPSA) is 48.1 Å². The third-order valence-electron chi connectivity index (χ3n) is 6.57. The number of rotatable bonds is 12. The van der Waals surface area contributed by atoms with Crippen LogP contribution in [0.25, 0.3) is 33.3 Å². The Morgan fingerprint density at radius 3 is 2.03 bits per heavy atom. The number of nitrogens with zero attached hydrogens (tertiary/aromatic N) is 1. The fourth-order valence-electron chi connectivity index (χ4n) is 4.88. The third kappa shape index (κ3) is 6.00. The predicted octanol–water partition coefficient (Wildman–Crippen LogP) is 3.82. The standard InChI is InChI=1S/C30H36N2O3/c1-23-14-15-28-27(20-23)29(24-10-6-4-7-11-24)30(25-12-8-5-9-13-25)32(28)22-26(33)21-31(16-18-34-2)17-19-35-3/h4-15,20,26,33H,16-19,21-22H2,1-3H3/p+1/t26-/m1/s1. The second-order valence-corrected chi connectivity index (χ2v) is 9.18. The first-order valence-electron chi connectivity index (χ1n) is 12.4. The van der Waals surface area contributed by atoms with E-state index in [-0.39, 0.29) is 0 Å². The van der Waals surface area contributed by atoms with Gasteiger partial charge in [-0.3, -0.25) is 0 Å². The fourth-order valence-corrected chi connectivity index (χ4v) is 4.88. The molecule has 5 heteroatoms. The molecule has 0 aliphatic rings. The Bertz CT molecular complexity index is 1200. The van der Waals surface area contributed by atoms with E-state index in [1.54, 1.807) is 14.2 Å². The summed E-state index contributed by atoms with van der Waals surface area (Å²) in [6, 6.07) is 27.7. The number of aromatic nitrogens is 1. The Balaban J connectivity index is 1.80. The van der Waals surface area contributed by atoms with E-state index in [2.05, 4.69) is 84.3 Å². The number of nitrogens with one attached hydrogen (secondary N) is 1. The quantitative estimate of drug-likeness (QED) is 0.329. The molecule has 35 heavy (non-hydrogen) atoms. The van der Waals surface area contributed by atoms with Crippen molar-refractivity contribution in [3.05, 3.63) is 84.4 Å². The second kappa shape index (κ2) is 12.1. The molecule has 0 spiro atoms. The summed E-state index contributed by atoms with van der Waals surface area (Å²) < 4.78 is 12.9. The third-order valence-corrected chi connectivity index (χ3v) is 6.57. The minimum atomic E-state index is -0.512. The molecule has 1 aromatic heterocycles. The number of aliphatic hydroxyl groups excluding tert-OH is 1. The largest absolute Gasteiger partial charge is 0.385 e. The summed E-state index contributed by atoms with van der Waals surface area (Å²) >= 11 is 0. The summed E-state index contributed by atoms with van der Waals surface area (Å²) in [6.07, 6.45) is -0.512. The van der Waals surface area contributed by atoms with Gasteiger partial charge in [-0.05, 0) is 30.2 Å². The summed E-state index contributed by atoms with van der Waals surface area (Å²) in [5, 5.41) is 12.5. The van der Waals surface area contributed by atoms with E-state index in [0.717, 1.165) is 29.9 Å². The number of quaternary nitrogens is 1. The normalized spacial score (nSPS) is 12.5. The van der Waals surface area contributed by atoms with Crippen molar-refractivity contribution in [2.24, 2.45) is 0 Å². The van der Waals surface area contributed by atoms with Gasteiger partial charge in [-0.2, -0.15) is 0 Å². The molecule has 0 bridgehead atoms. The van der Waals surface area contributed by atoms with Crippen LogP contribution in [0.15, 0.2) is 78.9 Å². The second-order valence-electron chi connectivity index (χ2n) is 9.18. The molecule has 0 aliphatic carbocycles. The molecule has 3 aromatic carbocycles. The smallest absolute Gasteiger partial charge is 0.121 e. The maximum atomic E-state index is 11.3. The van der Waals surface area contributed by atoms with Gasteiger partial charge in [-0.25, -0.2) is 0 Å². The Kier molecular flexibility index (Phi) is 8.72. The zero-order valence-corrected chi connectivity index (χ0v) is 21.0.